The van der Waals surface area contributed by atoms with Crippen molar-refractivity contribution in [3.63, 3.8) is 0 Å². The first-order chi connectivity index (χ1) is 16.2. The number of amides is 4. The van der Waals surface area contributed by atoms with E-state index in [2.05, 4.69) is 26.0 Å². The average Bonchev–Trinajstić information content (AvgIpc) is 2.76. The standard InChI is InChI=1S/C23H35BN4O7/c1-13(2)18(28-22(33)34-6)20(31)27-16(11-26-21(32)35-23(3,4)5)19(30)25-12-17(29)14-7-9-15(24)10-8-14/h7-10,13,16,18H,11-12,24H2,1-6H3,(H,25,30)(H,26,32)(H,27,31)(H,28,33)/t16-,18-/m0/s1. The molecule has 0 unspecified atom stereocenters. The Kier molecular flexibility index (Phi) is 11.2. The monoisotopic (exact) mass is 490 g/mol. The summed E-state index contributed by atoms with van der Waals surface area (Å²) < 4.78 is 9.72. The molecule has 1 aromatic carbocycles. The summed E-state index contributed by atoms with van der Waals surface area (Å²) in [6.45, 7) is 7.83. The van der Waals surface area contributed by atoms with Crippen molar-refractivity contribution in [3.8, 4) is 0 Å². The maximum Gasteiger partial charge on any atom is 0.407 e. The second kappa shape index (κ2) is 13.4. The molecule has 4 N–H and O–H groups in total. The Bertz CT molecular complexity index is 913. The number of rotatable bonds is 10. The largest absolute Gasteiger partial charge is 0.453 e. The van der Waals surface area contributed by atoms with Crippen LogP contribution in [0.1, 0.15) is 45.0 Å². The number of carbonyl (C=O) groups excluding carboxylic acids is 5. The third-order valence-corrected chi connectivity index (χ3v) is 4.69. The Balaban J connectivity index is 2.93. The predicted octanol–water partition coefficient (Wildman–Crippen LogP) is -0.366. The maximum absolute atomic E-state index is 12.9. The highest BCUT2D eigenvalue weighted by molar-refractivity contribution is 6.32. The van der Waals surface area contributed by atoms with E-state index in [-0.39, 0.29) is 24.8 Å². The second-order valence-electron chi connectivity index (χ2n) is 9.31. The van der Waals surface area contributed by atoms with Gasteiger partial charge in [0.1, 0.15) is 25.5 Å². The number of alkyl carbamates (subject to hydrolysis) is 2. The van der Waals surface area contributed by atoms with Crippen LogP contribution in [0.15, 0.2) is 24.3 Å². The van der Waals surface area contributed by atoms with Gasteiger partial charge in [0.2, 0.25) is 11.8 Å². The molecule has 0 saturated carbocycles. The summed E-state index contributed by atoms with van der Waals surface area (Å²) in [5, 5.41) is 9.85. The highest BCUT2D eigenvalue weighted by atomic mass is 16.6. The lowest BCUT2D eigenvalue weighted by atomic mass is 9.94. The fraction of sp³-hybridized carbons (Fsp3) is 0.522. The van der Waals surface area contributed by atoms with E-state index in [1.54, 1.807) is 58.9 Å². The van der Waals surface area contributed by atoms with Gasteiger partial charge in [-0.05, 0) is 26.7 Å². The highest BCUT2D eigenvalue weighted by Gasteiger charge is 2.30. The molecule has 0 radical (unpaired) electrons. The van der Waals surface area contributed by atoms with Gasteiger partial charge in [-0.25, -0.2) is 9.59 Å². The fourth-order valence-corrected chi connectivity index (χ4v) is 2.82. The van der Waals surface area contributed by atoms with Crippen LogP contribution in [0, 0.1) is 5.92 Å². The molecule has 35 heavy (non-hydrogen) atoms. The van der Waals surface area contributed by atoms with Crippen molar-refractivity contribution < 1.29 is 33.4 Å². The van der Waals surface area contributed by atoms with Crippen LogP contribution in [-0.2, 0) is 19.1 Å². The van der Waals surface area contributed by atoms with Crippen molar-refractivity contribution in [2.75, 3.05) is 20.2 Å². The molecule has 0 bridgehead atoms. The van der Waals surface area contributed by atoms with Gasteiger partial charge in [0, 0.05) is 5.56 Å². The molecule has 1 aromatic rings. The normalized spacial score (nSPS) is 12.7. The van der Waals surface area contributed by atoms with E-state index < -0.39 is 41.7 Å². The molecule has 11 nitrogen and oxygen atoms in total. The van der Waals surface area contributed by atoms with Crippen molar-refractivity contribution in [1.29, 1.82) is 0 Å². The first kappa shape index (κ1) is 29.5. The predicted molar refractivity (Wildman–Crippen MR) is 132 cm³/mol. The Morgan fingerprint density at radius 3 is 2.03 bits per heavy atom. The number of hydrogen-bond acceptors (Lipinski definition) is 7. The van der Waals surface area contributed by atoms with Crippen LogP contribution in [-0.4, -0.2) is 75.5 Å². The molecule has 0 fully saturated rings. The zero-order valence-electron chi connectivity index (χ0n) is 21.3. The van der Waals surface area contributed by atoms with Gasteiger partial charge in [0.15, 0.2) is 5.78 Å². The molecule has 0 spiro atoms. The lowest BCUT2D eigenvalue weighted by Gasteiger charge is -2.25. The molecule has 192 valence electrons. The zero-order valence-corrected chi connectivity index (χ0v) is 21.3. The lowest BCUT2D eigenvalue weighted by molar-refractivity contribution is -0.130. The van der Waals surface area contributed by atoms with Crippen LogP contribution in [0.5, 0.6) is 0 Å². The fourth-order valence-electron chi connectivity index (χ4n) is 2.82. The van der Waals surface area contributed by atoms with Crippen molar-refractivity contribution in [2.24, 2.45) is 5.92 Å². The van der Waals surface area contributed by atoms with Crippen molar-refractivity contribution in [1.82, 2.24) is 21.3 Å². The maximum atomic E-state index is 12.9. The summed E-state index contributed by atoms with van der Waals surface area (Å²) in [5.74, 6) is -2.02. The van der Waals surface area contributed by atoms with Gasteiger partial charge < -0.3 is 30.7 Å². The number of ketones is 1. The van der Waals surface area contributed by atoms with Crippen molar-refractivity contribution in [2.45, 2.75) is 52.3 Å². The number of hydrogen-bond donors (Lipinski definition) is 4. The molecule has 2 atom stereocenters. The number of benzene rings is 1. The molecule has 0 aliphatic carbocycles. The average molecular weight is 490 g/mol. The van der Waals surface area contributed by atoms with Crippen molar-refractivity contribution >= 4 is 43.1 Å². The molecule has 1 rings (SSSR count). The first-order valence-corrected chi connectivity index (χ1v) is 11.2. The summed E-state index contributed by atoms with van der Waals surface area (Å²) in [4.78, 5) is 61.8. The minimum atomic E-state index is -1.25. The third kappa shape index (κ3) is 10.9. The molecular formula is C23H35BN4O7. The van der Waals surface area contributed by atoms with E-state index in [1.165, 1.54) is 0 Å². The molecule has 0 aliphatic heterocycles. The zero-order chi connectivity index (χ0) is 26.8. The Hall–Kier alpha value is -3.57. The number of nitrogens with one attached hydrogen (secondary N) is 4. The summed E-state index contributed by atoms with van der Waals surface area (Å²) in [6, 6.07) is 4.61. The van der Waals surface area contributed by atoms with Gasteiger partial charge in [-0.1, -0.05) is 43.6 Å². The number of Topliss-reactive ketones (excluding diaryl/α,β-unsaturated/α-hetero) is 1. The van der Waals surface area contributed by atoms with E-state index in [0.29, 0.717) is 5.56 Å². The number of carbonyl (C=O) groups is 5. The Morgan fingerprint density at radius 1 is 0.914 bits per heavy atom. The smallest absolute Gasteiger partial charge is 0.407 e. The Labute approximate surface area is 206 Å². The Morgan fingerprint density at radius 2 is 1.51 bits per heavy atom. The summed E-state index contributed by atoms with van der Waals surface area (Å²) in [5.41, 5.74) is 0.644. The molecule has 0 aliphatic rings. The molecule has 0 heterocycles. The van der Waals surface area contributed by atoms with E-state index in [4.69, 9.17) is 4.74 Å². The molecule has 0 saturated heterocycles. The van der Waals surface area contributed by atoms with E-state index in [1.807, 2.05) is 7.85 Å². The molecule has 0 aromatic heterocycles. The number of ether oxygens (including phenoxy) is 2. The van der Waals surface area contributed by atoms with Crippen LogP contribution < -0.4 is 26.7 Å². The van der Waals surface area contributed by atoms with E-state index in [9.17, 15) is 24.0 Å². The summed E-state index contributed by atoms with van der Waals surface area (Å²) >= 11 is 0. The highest BCUT2D eigenvalue weighted by Crippen LogP contribution is 2.07. The van der Waals surface area contributed by atoms with Crippen LogP contribution in [0.4, 0.5) is 9.59 Å². The first-order valence-electron chi connectivity index (χ1n) is 11.2. The van der Waals surface area contributed by atoms with E-state index in [0.717, 1.165) is 12.6 Å². The van der Waals surface area contributed by atoms with Crippen LogP contribution in [0.25, 0.3) is 0 Å². The molecule has 4 amide bonds. The third-order valence-electron chi connectivity index (χ3n) is 4.69. The summed E-state index contributed by atoms with van der Waals surface area (Å²) in [7, 11) is 3.05. The molecule has 12 heteroatoms. The SMILES string of the molecule is Bc1ccc(C(=O)CNC(=O)[C@H](CNC(=O)OC(C)(C)C)NC(=O)[C@@H](NC(=O)OC)C(C)C)cc1. The lowest BCUT2D eigenvalue weighted by Crippen LogP contribution is -2.58. The minimum absolute atomic E-state index is 0.311. The topological polar surface area (TPSA) is 152 Å². The van der Waals surface area contributed by atoms with Crippen LogP contribution >= 0.6 is 0 Å². The van der Waals surface area contributed by atoms with Gasteiger partial charge in [0.25, 0.3) is 0 Å². The van der Waals surface area contributed by atoms with Gasteiger partial charge in [0.05, 0.1) is 20.2 Å². The quantitative estimate of drug-likeness (QED) is 0.258. The minimum Gasteiger partial charge on any atom is -0.453 e. The summed E-state index contributed by atoms with van der Waals surface area (Å²) in [6.07, 6.45) is -1.59. The van der Waals surface area contributed by atoms with Gasteiger partial charge in [-0.3, -0.25) is 14.4 Å². The van der Waals surface area contributed by atoms with Crippen LogP contribution in [0.3, 0.4) is 0 Å². The van der Waals surface area contributed by atoms with Gasteiger partial charge in [-0.2, -0.15) is 0 Å². The van der Waals surface area contributed by atoms with Gasteiger partial charge in [-0.15, -0.1) is 0 Å². The van der Waals surface area contributed by atoms with Gasteiger partial charge >= 0.3 is 12.2 Å². The second-order valence-corrected chi connectivity index (χ2v) is 9.31. The van der Waals surface area contributed by atoms with E-state index >= 15 is 0 Å². The van der Waals surface area contributed by atoms with Crippen LogP contribution in [0.2, 0.25) is 0 Å². The number of methoxy groups -OCH3 is 1. The van der Waals surface area contributed by atoms with Crippen molar-refractivity contribution in [3.05, 3.63) is 29.8 Å². The molecular weight excluding hydrogens is 455 g/mol.